The third kappa shape index (κ3) is 3.48. The Morgan fingerprint density at radius 2 is 1.88 bits per heavy atom. The quantitative estimate of drug-likeness (QED) is 0.754. The normalized spacial score (nSPS) is 12.4. The molecule has 1 rings (SSSR count). The van der Waals surface area contributed by atoms with Crippen molar-refractivity contribution < 1.29 is 14.3 Å². The molecule has 0 saturated heterocycles. The highest BCUT2D eigenvalue weighted by Crippen LogP contribution is 2.25. The van der Waals surface area contributed by atoms with Crippen LogP contribution < -0.4 is 4.74 Å². The fourth-order valence-corrected chi connectivity index (χ4v) is 1.51. The van der Waals surface area contributed by atoms with Gasteiger partial charge in [0.15, 0.2) is 6.10 Å². The summed E-state index contributed by atoms with van der Waals surface area (Å²) in [7, 11) is 1.36. The van der Waals surface area contributed by atoms with E-state index in [9.17, 15) is 4.79 Å². The van der Waals surface area contributed by atoms with E-state index in [1.807, 2.05) is 19.1 Å². The molecule has 0 fully saturated rings. The number of benzene rings is 1. The summed E-state index contributed by atoms with van der Waals surface area (Å²) in [5.41, 5.74) is 2.22. The molecule has 1 aromatic rings. The molecule has 0 heterocycles. The van der Waals surface area contributed by atoms with Crippen molar-refractivity contribution in [2.45, 2.75) is 39.7 Å². The Kier molecular flexibility index (Phi) is 4.55. The van der Waals surface area contributed by atoms with Gasteiger partial charge in [0.05, 0.1) is 7.11 Å². The minimum atomic E-state index is -0.582. The topological polar surface area (TPSA) is 35.5 Å². The minimum Gasteiger partial charge on any atom is -0.479 e. The van der Waals surface area contributed by atoms with E-state index >= 15 is 0 Å². The summed E-state index contributed by atoms with van der Waals surface area (Å²) in [6.45, 7) is 7.90. The Bertz CT molecular complexity index is 396. The van der Waals surface area contributed by atoms with Crippen molar-refractivity contribution in [2.24, 2.45) is 0 Å². The van der Waals surface area contributed by atoms with Gasteiger partial charge in [0.1, 0.15) is 5.75 Å². The van der Waals surface area contributed by atoms with Gasteiger partial charge in [-0.05, 0) is 37.0 Å². The molecular weight excluding hydrogens is 216 g/mol. The lowest BCUT2D eigenvalue weighted by Gasteiger charge is -2.16. The van der Waals surface area contributed by atoms with Gasteiger partial charge in [-0.2, -0.15) is 0 Å². The van der Waals surface area contributed by atoms with Gasteiger partial charge in [0.25, 0.3) is 0 Å². The predicted molar refractivity (Wildman–Crippen MR) is 67.4 cm³/mol. The number of aryl methyl sites for hydroxylation is 1. The van der Waals surface area contributed by atoms with Crippen LogP contribution in [0.15, 0.2) is 18.2 Å². The maximum Gasteiger partial charge on any atom is 0.346 e. The molecular formula is C14H20O3. The molecule has 1 aromatic carbocycles. The summed E-state index contributed by atoms with van der Waals surface area (Å²) in [6, 6.07) is 6.07. The first-order chi connectivity index (χ1) is 7.95. The molecule has 0 aliphatic carbocycles. The highest BCUT2D eigenvalue weighted by Gasteiger charge is 2.16. The summed E-state index contributed by atoms with van der Waals surface area (Å²) < 4.78 is 10.3. The second kappa shape index (κ2) is 5.71. The second-order valence-electron chi connectivity index (χ2n) is 4.46. The van der Waals surface area contributed by atoms with Crippen molar-refractivity contribution in [1.82, 2.24) is 0 Å². The third-order valence-corrected chi connectivity index (χ3v) is 2.72. The van der Waals surface area contributed by atoms with E-state index in [4.69, 9.17) is 4.74 Å². The average molecular weight is 236 g/mol. The van der Waals surface area contributed by atoms with Crippen LogP contribution in [0.4, 0.5) is 0 Å². The first-order valence-corrected chi connectivity index (χ1v) is 5.80. The van der Waals surface area contributed by atoms with E-state index in [0.717, 1.165) is 11.3 Å². The molecule has 0 radical (unpaired) electrons. The highest BCUT2D eigenvalue weighted by atomic mass is 16.6. The Hall–Kier alpha value is -1.51. The fourth-order valence-electron chi connectivity index (χ4n) is 1.51. The molecule has 0 aliphatic rings. The summed E-state index contributed by atoms with van der Waals surface area (Å²) in [5.74, 6) is 0.819. The smallest absolute Gasteiger partial charge is 0.346 e. The van der Waals surface area contributed by atoms with Crippen LogP contribution in [-0.2, 0) is 9.53 Å². The number of carbonyl (C=O) groups excluding carboxylic acids is 1. The lowest BCUT2D eigenvalue weighted by atomic mass is 10.0. The van der Waals surface area contributed by atoms with E-state index in [2.05, 4.69) is 24.7 Å². The maximum absolute atomic E-state index is 11.3. The first kappa shape index (κ1) is 13.6. The van der Waals surface area contributed by atoms with Gasteiger partial charge in [-0.15, -0.1) is 0 Å². The molecule has 0 aromatic heterocycles. The van der Waals surface area contributed by atoms with Crippen LogP contribution in [0.3, 0.4) is 0 Å². The summed E-state index contributed by atoms with van der Waals surface area (Å²) in [5, 5.41) is 0. The molecule has 0 amide bonds. The lowest BCUT2D eigenvalue weighted by Crippen LogP contribution is -2.25. The van der Waals surface area contributed by atoms with Crippen LogP contribution in [0.25, 0.3) is 0 Å². The van der Waals surface area contributed by atoms with Crippen LogP contribution in [0, 0.1) is 6.92 Å². The van der Waals surface area contributed by atoms with E-state index < -0.39 is 6.10 Å². The van der Waals surface area contributed by atoms with Crippen LogP contribution in [0.2, 0.25) is 0 Å². The fraction of sp³-hybridized carbons (Fsp3) is 0.500. The molecule has 17 heavy (non-hydrogen) atoms. The van der Waals surface area contributed by atoms with E-state index in [0.29, 0.717) is 5.92 Å². The molecule has 0 spiro atoms. The van der Waals surface area contributed by atoms with Crippen molar-refractivity contribution in [3.05, 3.63) is 29.3 Å². The minimum absolute atomic E-state index is 0.362. The van der Waals surface area contributed by atoms with Gasteiger partial charge in [0, 0.05) is 0 Å². The molecule has 1 atom stereocenters. The molecule has 3 heteroatoms. The largest absolute Gasteiger partial charge is 0.479 e. The van der Waals surface area contributed by atoms with E-state index in [-0.39, 0.29) is 5.97 Å². The van der Waals surface area contributed by atoms with E-state index in [1.54, 1.807) is 6.92 Å². The molecule has 0 bridgehead atoms. The highest BCUT2D eigenvalue weighted by molar-refractivity contribution is 5.74. The van der Waals surface area contributed by atoms with Gasteiger partial charge in [-0.25, -0.2) is 4.79 Å². The number of ether oxygens (including phenoxy) is 2. The number of hydrogen-bond acceptors (Lipinski definition) is 3. The van der Waals surface area contributed by atoms with Gasteiger partial charge in [-0.3, -0.25) is 0 Å². The molecule has 0 N–H and O–H groups in total. The number of methoxy groups -OCH3 is 1. The second-order valence-corrected chi connectivity index (χ2v) is 4.46. The van der Waals surface area contributed by atoms with Crippen molar-refractivity contribution in [1.29, 1.82) is 0 Å². The summed E-state index contributed by atoms with van der Waals surface area (Å²) in [6.07, 6.45) is -0.582. The third-order valence-electron chi connectivity index (χ3n) is 2.72. The zero-order valence-electron chi connectivity index (χ0n) is 11.1. The van der Waals surface area contributed by atoms with E-state index in [1.165, 1.54) is 12.7 Å². The number of hydrogen-bond donors (Lipinski definition) is 0. The Labute approximate surface area is 103 Å². The maximum atomic E-state index is 11.3. The number of carbonyl (C=O) groups is 1. The lowest BCUT2D eigenvalue weighted by molar-refractivity contribution is -0.147. The molecule has 3 nitrogen and oxygen atoms in total. The van der Waals surface area contributed by atoms with Gasteiger partial charge >= 0.3 is 5.97 Å². The van der Waals surface area contributed by atoms with Crippen LogP contribution in [0.1, 0.15) is 37.8 Å². The molecule has 0 unspecified atom stereocenters. The predicted octanol–water partition coefficient (Wildman–Crippen LogP) is 3.06. The average Bonchev–Trinajstić information content (AvgIpc) is 2.30. The standard InChI is InChI=1S/C14H20O3/c1-9(2)12-7-6-10(3)13(8-12)17-11(4)14(15)16-5/h6-9,11H,1-5H3/t11-/m0/s1. The van der Waals surface area contributed by atoms with Gasteiger partial charge in [-0.1, -0.05) is 26.0 Å². The Balaban J connectivity index is 2.89. The van der Waals surface area contributed by atoms with Crippen LogP contribution in [0.5, 0.6) is 5.75 Å². The molecule has 94 valence electrons. The van der Waals surface area contributed by atoms with Crippen molar-refractivity contribution >= 4 is 5.97 Å². The first-order valence-electron chi connectivity index (χ1n) is 5.80. The van der Waals surface area contributed by atoms with Crippen molar-refractivity contribution in [2.75, 3.05) is 7.11 Å². The van der Waals surface area contributed by atoms with Gasteiger partial charge in [0.2, 0.25) is 0 Å². The number of esters is 1. The monoisotopic (exact) mass is 236 g/mol. The van der Waals surface area contributed by atoms with Crippen LogP contribution >= 0.6 is 0 Å². The van der Waals surface area contributed by atoms with Gasteiger partial charge < -0.3 is 9.47 Å². The van der Waals surface area contributed by atoms with Crippen LogP contribution in [-0.4, -0.2) is 19.2 Å². The summed E-state index contributed by atoms with van der Waals surface area (Å²) in [4.78, 5) is 11.3. The van der Waals surface area contributed by atoms with Crippen molar-refractivity contribution in [3.63, 3.8) is 0 Å². The van der Waals surface area contributed by atoms with Crippen molar-refractivity contribution in [3.8, 4) is 5.75 Å². The Morgan fingerprint density at radius 1 is 1.24 bits per heavy atom. The summed E-state index contributed by atoms with van der Waals surface area (Å²) >= 11 is 0. The molecule has 0 saturated carbocycles. The molecule has 0 aliphatic heterocycles. The SMILES string of the molecule is COC(=O)[C@H](C)Oc1cc(C(C)C)ccc1C. The number of rotatable bonds is 4. The zero-order valence-corrected chi connectivity index (χ0v) is 11.1. The zero-order chi connectivity index (χ0) is 13.0. The Morgan fingerprint density at radius 3 is 2.41 bits per heavy atom.